The summed E-state index contributed by atoms with van der Waals surface area (Å²) in [5, 5.41) is 0. The van der Waals surface area contributed by atoms with E-state index >= 15 is 0 Å². The standard InChI is InChI=1S/C24H27F3N4O3S/c1-29-14-20(28-17-29)15-31-21(12-11-18-7-4-3-5-8-18)16-30(35(32,33)24(25,26)27)13-19-9-6-10-22(34-2)23(19)31/h3-10,14,17,21H,11-13,15-16H2,1-2H3/t21-/m1/s1. The summed E-state index contributed by atoms with van der Waals surface area (Å²) in [7, 11) is -2.23. The molecule has 1 aromatic heterocycles. The predicted octanol–water partition coefficient (Wildman–Crippen LogP) is 4.10. The lowest BCUT2D eigenvalue weighted by atomic mass is 10.0. The van der Waals surface area contributed by atoms with Gasteiger partial charge < -0.3 is 14.2 Å². The first kappa shape index (κ1) is 25.1. The second-order valence-corrected chi connectivity index (χ2v) is 10.5. The van der Waals surface area contributed by atoms with Gasteiger partial charge in [-0.2, -0.15) is 17.5 Å². The van der Waals surface area contributed by atoms with E-state index in [1.807, 2.05) is 48.5 Å². The number of halogens is 3. The maximum Gasteiger partial charge on any atom is 0.511 e. The van der Waals surface area contributed by atoms with Gasteiger partial charge in [-0.1, -0.05) is 42.5 Å². The minimum absolute atomic E-state index is 0.285. The summed E-state index contributed by atoms with van der Waals surface area (Å²) in [6.07, 6.45) is 4.47. The molecule has 0 spiro atoms. The molecular weight excluding hydrogens is 481 g/mol. The zero-order valence-electron chi connectivity index (χ0n) is 19.4. The van der Waals surface area contributed by atoms with Crippen molar-refractivity contribution in [3.05, 3.63) is 77.9 Å². The Morgan fingerprint density at radius 3 is 2.49 bits per heavy atom. The number of para-hydroxylation sites is 1. The zero-order valence-corrected chi connectivity index (χ0v) is 20.3. The van der Waals surface area contributed by atoms with Gasteiger partial charge in [0.15, 0.2) is 0 Å². The minimum atomic E-state index is -5.55. The highest BCUT2D eigenvalue weighted by molar-refractivity contribution is 7.89. The normalized spacial score (nSPS) is 17.2. The summed E-state index contributed by atoms with van der Waals surface area (Å²) in [5.74, 6) is 0.467. The van der Waals surface area contributed by atoms with Crippen molar-refractivity contribution >= 4 is 15.7 Å². The molecule has 35 heavy (non-hydrogen) atoms. The minimum Gasteiger partial charge on any atom is -0.495 e. The highest BCUT2D eigenvalue weighted by Crippen LogP contribution is 2.40. The van der Waals surface area contributed by atoms with E-state index in [1.54, 1.807) is 29.1 Å². The van der Waals surface area contributed by atoms with E-state index in [1.165, 1.54) is 7.11 Å². The third kappa shape index (κ3) is 5.30. The average Bonchev–Trinajstić information content (AvgIpc) is 3.16. The topological polar surface area (TPSA) is 67.7 Å². The molecular formula is C24H27F3N4O3S. The lowest BCUT2D eigenvalue weighted by Gasteiger charge is -2.34. The van der Waals surface area contributed by atoms with Crippen molar-refractivity contribution in [2.24, 2.45) is 7.05 Å². The van der Waals surface area contributed by atoms with Crippen molar-refractivity contribution in [2.45, 2.75) is 37.5 Å². The van der Waals surface area contributed by atoms with Gasteiger partial charge in [0.25, 0.3) is 0 Å². The molecule has 2 aromatic carbocycles. The van der Waals surface area contributed by atoms with Crippen LogP contribution in [0.2, 0.25) is 0 Å². The second kappa shape index (κ2) is 9.90. The Balaban J connectivity index is 1.81. The molecule has 7 nitrogen and oxygen atoms in total. The van der Waals surface area contributed by atoms with Crippen LogP contribution < -0.4 is 9.64 Å². The van der Waals surface area contributed by atoms with Crippen LogP contribution in [0.5, 0.6) is 5.75 Å². The lowest BCUT2D eigenvalue weighted by Crippen LogP contribution is -2.47. The first-order valence-corrected chi connectivity index (χ1v) is 12.5. The highest BCUT2D eigenvalue weighted by atomic mass is 32.2. The lowest BCUT2D eigenvalue weighted by molar-refractivity contribution is -0.0492. The smallest absolute Gasteiger partial charge is 0.495 e. The molecule has 0 N–H and O–H groups in total. The number of aromatic nitrogens is 2. The largest absolute Gasteiger partial charge is 0.511 e. The molecule has 3 aromatic rings. The zero-order chi connectivity index (χ0) is 25.2. The van der Waals surface area contributed by atoms with Crippen molar-refractivity contribution in [1.82, 2.24) is 13.9 Å². The van der Waals surface area contributed by atoms with Crippen molar-refractivity contribution in [2.75, 3.05) is 18.6 Å². The van der Waals surface area contributed by atoms with Gasteiger partial charge in [0.2, 0.25) is 0 Å². The van der Waals surface area contributed by atoms with Crippen LogP contribution in [0, 0.1) is 0 Å². The number of hydrogen-bond acceptors (Lipinski definition) is 5. The molecule has 0 unspecified atom stereocenters. The molecule has 0 bridgehead atoms. The fourth-order valence-electron chi connectivity index (χ4n) is 4.44. The van der Waals surface area contributed by atoms with E-state index in [0.29, 0.717) is 39.8 Å². The fraction of sp³-hybridized carbons (Fsp3) is 0.375. The molecule has 0 aliphatic carbocycles. The second-order valence-electron chi connectivity index (χ2n) is 8.55. The molecule has 1 aliphatic heterocycles. The molecule has 0 fully saturated rings. The number of nitrogens with zero attached hydrogens (tertiary/aromatic N) is 4. The van der Waals surface area contributed by atoms with Gasteiger partial charge in [0.05, 0.1) is 31.4 Å². The first-order chi connectivity index (χ1) is 16.6. The first-order valence-electron chi connectivity index (χ1n) is 11.1. The number of imidazole rings is 1. The van der Waals surface area contributed by atoms with Gasteiger partial charge in [-0.3, -0.25) is 0 Å². The van der Waals surface area contributed by atoms with Gasteiger partial charge >= 0.3 is 15.5 Å². The van der Waals surface area contributed by atoms with Gasteiger partial charge in [-0.15, -0.1) is 0 Å². The van der Waals surface area contributed by atoms with Gasteiger partial charge in [-0.05, 0) is 30.0 Å². The average molecular weight is 509 g/mol. The summed E-state index contributed by atoms with van der Waals surface area (Å²) < 4.78 is 73.9. The molecule has 2 heterocycles. The molecule has 0 saturated carbocycles. The number of aryl methyl sites for hydroxylation is 2. The van der Waals surface area contributed by atoms with Gasteiger partial charge in [0.1, 0.15) is 5.75 Å². The molecule has 0 saturated heterocycles. The Morgan fingerprint density at radius 1 is 1.11 bits per heavy atom. The fourth-order valence-corrected chi connectivity index (χ4v) is 5.41. The van der Waals surface area contributed by atoms with Crippen LogP contribution in [0.1, 0.15) is 23.2 Å². The van der Waals surface area contributed by atoms with Crippen LogP contribution in [0.25, 0.3) is 0 Å². The van der Waals surface area contributed by atoms with Crippen molar-refractivity contribution in [3.8, 4) is 5.75 Å². The molecule has 188 valence electrons. The van der Waals surface area contributed by atoms with Crippen molar-refractivity contribution < 1.29 is 26.3 Å². The van der Waals surface area contributed by atoms with E-state index in [0.717, 1.165) is 5.56 Å². The Morgan fingerprint density at radius 2 is 1.86 bits per heavy atom. The van der Waals surface area contributed by atoms with Crippen LogP contribution in [0.15, 0.2) is 61.1 Å². The molecule has 0 amide bonds. The number of hydrogen-bond donors (Lipinski definition) is 0. The van der Waals surface area contributed by atoms with Crippen LogP contribution in [0.4, 0.5) is 18.9 Å². The van der Waals surface area contributed by atoms with E-state index in [-0.39, 0.29) is 13.1 Å². The number of anilines is 1. The number of sulfonamides is 1. The SMILES string of the molecule is COc1cccc2c1N(Cc1cn(C)cn1)[C@H](CCc1ccccc1)CN(S(=O)(=O)C(F)(F)F)C2. The maximum absolute atomic E-state index is 13.6. The third-order valence-corrected chi connectivity index (χ3v) is 7.67. The molecule has 1 atom stereocenters. The number of ether oxygens (including phenoxy) is 1. The number of methoxy groups -OCH3 is 1. The van der Waals surface area contributed by atoms with E-state index in [4.69, 9.17) is 4.74 Å². The van der Waals surface area contributed by atoms with Gasteiger partial charge in [0, 0.05) is 32.4 Å². The molecule has 4 rings (SSSR count). The molecule has 0 radical (unpaired) electrons. The van der Waals surface area contributed by atoms with Crippen molar-refractivity contribution in [1.29, 1.82) is 0 Å². The number of benzene rings is 2. The Kier molecular flexibility index (Phi) is 7.09. The highest BCUT2D eigenvalue weighted by Gasteiger charge is 2.51. The summed E-state index contributed by atoms with van der Waals surface area (Å²) in [6, 6.07) is 14.0. The van der Waals surface area contributed by atoms with Crippen molar-refractivity contribution in [3.63, 3.8) is 0 Å². The van der Waals surface area contributed by atoms with E-state index < -0.39 is 28.1 Å². The Hall–Kier alpha value is -3.05. The maximum atomic E-state index is 13.6. The summed E-state index contributed by atoms with van der Waals surface area (Å²) in [6.45, 7) is -0.443. The summed E-state index contributed by atoms with van der Waals surface area (Å²) >= 11 is 0. The number of alkyl halides is 3. The number of fused-ring (bicyclic) bond motifs is 1. The Labute approximate surface area is 202 Å². The predicted molar refractivity (Wildman–Crippen MR) is 126 cm³/mol. The molecule has 1 aliphatic rings. The van der Waals surface area contributed by atoms with Crippen LogP contribution >= 0.6 is 0 Å². The summed E-state index contributed by atoms with van der Waals surface area (Å²) in [4.78, 5) is 6.33. The Bertz CT molecular complexity index is 1260. The number of rotatable bonds is 7. The third-order valence-electron chi connectivity index (χ3n) is 6.12. The van der Waals surface area contributed by atoms with Gasteiger partial charge in [-0.25, -0.2) is 13.4 Å². The van der Waals surface area contributed by atoms with Crippen LogP contribution in [0.3, 0.4) is 0 Å². The quantitative estimate of drug-likeness (QED) is 0.481. The summed E-state index contributed by atoms with van der Waals surface area (Å²) in [5.41, 5.74) is -2.65. The van der Waals surface area contributed by atoms with E-state index in [2.05, 4.69) is 4.98 Å². The van der Waals surface area contributed by atoms with E-state index in [9.17, 15) is 21.6 Å². The molecule has 11 heteroatoms. The van der Waals surface area contributed by atoms with Crippen LogP contribution in [-0.4, -0.2) is 47.5 Å². The monoisotopic (exact) mass is 508 g/mol. The van der Waals surface area contributed by atoms with Crippen LogP contribution in [-0.2, 0) is 36.6 Å².